The number of carbonyl (C=O) groups is 1. The lowest BCUT2D eigenvalue weighted by Crippen LogP contribution is -2.40. The maximum absolute atomic E-state index is 12.4. The fraction of sp³-hybridized carbons (Fsp3) is 0.400. The Morgan fingerprint density at radius 3 is 2.87 bits per heavy atom. The molecule has 0 aliphatic carbocycles. The van der Waals surface area contributed by atoms with E-state index in [0.29, 0.717) is 19.0 Å². The number of nitrogens with zero attached hydrogens (tertiary/aromatic N) is 5. The number of amides is 1. The van der Waals surface area contributed by atoms with Crippen LogP contribution in [0.3, 0.4) is 0 Å². The Labute approximate surface area is 132 Å². The molecule has 1 aliphatic rings. The molecule has 0 aromatic carbocycles. The summed E-state index contributed by atoms with van der Waals surface area (Å²) < 4.78 is 1.32. The number of piperidine rings is 1. The Bertz CT molecular complexity index is 700. The van der Waals surface area contributed by atoms with Gasteiger partial charge in [-0.2, -0.15) is 5.10 Å². The summed E-state index contributed by atoms with van der Waals surface area (Å²) in [6.07, 6.45) is 7.95. The summed E-state index contributed by atoms with van der Waals surface area (Å²) in [5.74, 6) is 0.240. The Balaban J connectivity index is 1.63. The quantitative estimate of drug-likeness (QED) is 0.631. The average molecular weight is 315 g/mol. The molecule has 2 aromatic heterocycles. The lowest BCUT2D eigenvalue weighted by atomic mass is 9.91. The van der Waals surface area contributed by atoms with Crippen molar-refractivity contribution in [1.29, 1.82) is 0 Å². The van der Waals surface area contributed by atoms with Crippen molar-refractivity contribution < 1.29 is 9.72 Å². The van der Waals surface area contributed by atoms with Gasteiger partial charge in [0.2, 0.25) is 5.91 Å². The summed E-state index contributed by atoms with van der Waals surface area (Å²) in [7, 11) is 0. The SMILES string of the molecule is O=C(Cn1cc([N+](=O)[O-])cn1)N1CCCC(c2ccncc2)C1. The summed E-state index contributed by atoms with van der Waals surface area (Å²) in [5.41, 5.74) is 1.08. The molecule has 0 bridgehead atoms. The van der Waals surface area contributed by atoms with E-state index in [0.717, 1.165) is 19.0 Å². The van der Waals surface area contributed by atoms with E-state index in [2.05, 4.69) is 10.1 Å². The van der Waals surface area contributed by atoms with Crippen molar-refractivity contribution >= 4 is 11.6 Å². The molecule has 1 unspecified atom stereocenters. The van der Waals surface area contributed by atoms with Crippen LogP contribution >= 0.6 is 0 Å². The Morgan fingerprint density at radius 2 is 2.17 bits per heavy atom. The molecule has 1 aliphatic heterocycles. The predicted octanol–water partition coefficient (Wildman–Crippen LogP) is 1.59. The highest BCUT2D eigenvalue weighted by Crippen LogP contribution is 2.26. The van der Waals surface area contributed by atoms with Crippen LogP contribution in [0.2, 0.25) is 0 Å². The zero-order valence-electron chi connectivity index (χ0n) is 12.5. The Kier molecular flexibility index (Phi) is 4.31. The van der Waals surface area contributed by atoms with Gasteiger partial charge in [0, 0.05) is 31.4 Å². The average Bonchev–Trinajstić information content (AvgIpc) is 3.04. The van der Waals surface area contributed by atoms with Gasteiger partial charge in [-0.1, -0.05) is 0 Å². The maximum Gasteiger partial charge on any atom is 0.307 e. The number of aromatic nitrogens is 3. The molecule has 1 fully saturated rings. The summed E-state index contributed by atoms with van der Waals surface area (Å²) in [6, 6.07) is 3.96. The third-order valence-electron chi connectivity index (χ3n) is 4.08. The zero-order valence-corrected chi connectivity index (χ0v) is 12.5. The second kappa shape index (κ2) is 6.55. The summed E-state index contributed by atoms with van der Waals surface area (Å²) >= 11 is 0. The molecule has 3 rings (SSSR count). The van der Waals surface area contributed by atoms with E-state index in [4.69, 9.17) is 0 Å². The second-order valence-corrected chi connectivity index (χ2v) is 5.61. The van der Waals surface area contributed by atoms with Gasteiger partial charge in [-0.3, -0.25) is 24.6 Å². The van der Waals surface area contributed by atoms with Gasteiger partial charge in [0.15, 0.2) is 0 Å². The van der Waals surface area contributed by atoms with Gasteiger partial charge in [-0.05, 0) is 30.5 Å². The molecule has 2 aromatic rings. The van der Waals surface area contributed by atoms with Crippen molar-refractivity contribution in [2.45, 2.75) is 25.3 Å². The van der Waals surface area contributed by atoms with E-state index in [9.17, 15) is 14.9 Å². The van der Waals surface area contributed by atoms with Gasteiger partial charge >= 0.3 is 5.69 Å². The van der Waals surface area contributed by atoms with E-state index in [1.54, 1.807) is 12.4 Å². The number of likely N-dealkylation sites (tertiary alicyclic amines) is 1. The van der Waals surface area contributed by atoms with E-state index in [1.807, 2.05) is 17.0 Å². The molecule has 1 amide bonds. The largest absolute Gasteiger partial charge is 0.340 e. The minimum atomic E-state index is -0.520. The van der Waals surface area contributed by atoms with Crippen molar-refractivity contribution in [2.24, 2.45) is 0 Å². The topological polar surface area (TPSA) is 94.2 Å². The van der Waals surface area contributed by atoms with Crippen molar-refractivity contribution in [1.82, 2.24) is 19.7 Å². The third kappa shape index (κ3) is 3.53. The molecule has 3 heterocycles. The van der Waals surface area contributed by atoms with Crippen molar-refractivity contribution in [3.05, 3.63) is 52.6 Å². The molecule has 1 atom stereocenters. The van der Waals surface area contributed by atoms with E-state index >= 15 is 0 Å². The fourth-order valence-electron chi connectivity index (χ4n) is 2.88. The molecule has 0 radical (unpaired) electrons. The van der Waals surface area contributed by atoms with Crippen LogP contribution in [0.5, 0.6) is 0 Å². The first-order valence-corrected chi connectivity index (χ1v) is 7.48. The molecular formula is C15H17N5O3. The predicted molar refractivity (Wildman–Crippen MR) is 81.7 cm³/mol. The smallest absolute Gasteiger partial charge is 0.307 e. The number of rotatable bonds is 4. The molecule has 0 saturated carbocycles. The first-order valence-electron chi connectivity index (χ1n) is 7.48. The van der Waals surface area contributed by atoms with Crippen LogP contribution in [-0.4, -0.2) is 43.6 Å². The van der Waals surface area contributed by atoms with Gasteiger partial charge in [-0.25, -0.2) is 0 Å². The highest BCUT2D eigenvalue weighted by Gasteiger charge is 2.25. The van der Waals surface area contributed by atoms with Crippen molar-refractivity contribution in [3.63, 3.8) is 0 Å². The molecule has 8 heteroatoms. The molecule has 120 valence electrons. The zero-order chi connectivity index (χ0) is 16.2. The number of nitro groups is 1. The second-order valence-electron chi connectivity index (χ2n) is 5.61. The first kappa shape index (κ1) is 15.1. The standard InChI is InChI=1S/C15H17N5O3/c21-15(11-19-10-14(8-17-19)20(22)23)18-7-1-2-13(9-18)12-3-5-16-6-4-12/h3-6,8,10,13H,1-2,7,9,11H2. The molecule has 8 nitrogen and oxygen atoms in total. The monoisotopic (exact) mass is 315 g/mol. The summed E-state index contributed by atoms with van der Waals surface area (Å²) in [5, 5.41) is 14.5. The Morgan fingerprint density at radius 1 is 1.39 bits per heavy atom. The van der Waals surface area contributed by atoms with Gasteiger partial charge in [0.05, 0.1) is 4.92 Å². The van der Waals surface area contributed by atoms with Gasteiger partial charge in [0.1, 0.15) is 18.9 Å². The van der Waals surface area contributed by atoms with Crippen LogP contribution in [0, 0.1) is 10.1 Å². The van der Waals surface area contributed by atoms with Crippen LogP contribution in [-0.2, 0) is 11.3 Å². The third-order valence-corrected chi connectivity index (χ3v) is 4.08. The normalized spacial score (nSPS) is 17.9. The fourth-order valence-corrected chi connectivity index (χ4v) is 2.88. The van der Waals surface area contributed by atoms with E-state index < -0.39 is 4.92 Å². The lowest BCUT2D eigenvalue weighted by molar-refractivity contribution is -0.385. The molecule has 23 heavy (non-hydrogen) atoms. The van der Waals surface area contributed by atoms with Crippen LogP contribution in [0.25, 0.3) is 0 Å². The maximum atomic E-state index is 12.4. The molecular weight excluding hydrogens is 298 g/mol. The highest BCUT2D eigenvalue weighted by molar-refractivity contribution is 5.76. The minimum Gasteiger partial charge on any atom is -0.340 e. The summed E-state index contributed by atoms with van der Waals surface area (Å²) in [4.78, 5) is 28.4. The van der Waals surface area contributed by atoms with Gasteiger partial charge in [-0.15, -0.1) is 0 Å². The van der Waals surface area contributed by atoms with E-state index in [1.165, 1.54) is 16.4 Å². The Hall–Kier alpha value is -2.77. The minimum absolute atomic E-state index is 0.0247. The van der Waals surface area contributed by atoms with Crippen molar-refractivity contribution in [2.75, 3.05) is 13.1 Å². The number of hydrogen-bond acceptors (Lipinski definition) is 5. The van der Waals surface area contributed by atoms with Crippen molar-refractivity contribution in [3.8, 4) is 0 Å². The molecule has 0 N–H and O–H groups in total. The molecule has 0 spiro atoms. The molecule has 1 saturated heterocycles. The van der Waals surface area contributed by atoms with Crippen LogP contribution in [0.4, 0.5) is 5.69 Å². The lowest BCUT2D eigenvalue weighted by Gasteiger charge is -2.33. The van der Waals surface area contributed by atoms with Gasteiger partial charge in [0.25, 0.3) is 0 Å². The highest BCUT2D eigenvalue weighted by atomic mass is 16.6. The number of hydrogen-bond donors (Lipinski definition) is 0. The number of carbonyl (C=O) groups excluding carboxylic acids is 1. The van der Waals surface area contributed by atoms with Crippen LogP contribution in [0.15, 0.2) is 36.9 Å². The summed E-state index contributed by atoms with van der Waals surface area (Å²) in [6.45, 7) is 1.40. The van der Waals surface area contributed by atoms with Crippen LogP contribution in [0.1, 0.15) is 24.3 Å². The number of pyridine rings is 1. The van der Waals surface area contributed by atoms with Gasteiger partial charge < -0.3 is 4.90 Å². The van der Waals surface area contributed by atoms with E-state index in [-0.39, 0.29) is 18.1 Å². The first-order chi connectivity index (χ1) is 11.1. The van der Waals surface area contributed by atoms with Crippen LogP contribution < -0.4 is 0 Å².